The number of methoxy groups -OCH3 is 1. The molecule has 0 unspecified atom stereocenters. The van der Waals surface area contributed by atoms with Crippen molar-refractivity contribution in [2.45, 2.75) is 19.3 Å². The third-order valence-electron chi connectivity index (χ3n) is 4.65. The van der Waals surface area contributed by atoms with Gasteiger partial charge in [-0.15, -0.1) is 0 Å². The molecule has 27 heavy (non-hydrogen) atoms. The van der Waals surface area contributed by atoms with Crippen LogP contribution < -0.4 is 10.5 Å². The lowest BCUT2D eigenvalue weighted by Gasteiger charge is -2.05. The second kappa shape index (κ2) is 7.63. The van der Waals surface area contributed by atoms with E-state index in [9.17, 15) is 0 Å². The number of benzene rings is 2. The number of hydrogen-bond donors (Lipinski definition) is 2. The van der Waals surface area contributed by atoms with E-state index in [4.69, 9.17) is 15.0 Å². The molecule has 2 heterocycles. The Bertz CT molecular complexity index is 1050. The van der Waals surface area contributed by atoms with Gasteiger partial charge in [0.1, 0.15) is 5.75 Å². The maximum absolute atomic E-state index is 5.70. The number of para-hydroxylation sites is 1. The molecule has 0 bridgehead atoms. The summed E-state index contributed by atoms with van der Waals surface area (Å²) in [5.74, 6) is 2.09. The summed E-state index contributed by atoms with van der Waals surface area (Å²) in [4.78, 5) is 7.83. The molecule has 6 nitrogen and oxygen atoms in total. The minimum absolute atomic E-state index is 0.574. The number of rotatable bonds is 7. The number of H-pyrrole nitrogens is 1. The minimum atomic E-state index is 0.574. The molecule has 138 valence electrons. The molecular weight excluding hydrogens is 340 g/mol. The number of nitrogens with zero attached hydrogens (tertiary/aromatic N) is 2. The summed E-state index contributed by atoms with van der Waals surface area (Å²) < 4.78 is 10.8. The number of ether oxygens (including phenoxy) is 1. The van der Waals surface area contributed by atoms with Crippen molar-refractivity contribution in [3.8, 4) is 5.75 Å². The average molecular weight is 362 g/mol. The van der Waals surface area contributed by atoms with Gasteiger partial charge in [-0.1, -0.05) is 29.4 Å². The molecule has 0 aliphatic carbocycles. The second-order valence-electron chi connectivity index (χ2n) is 6.50. The van der Waals surface area contributed by atoms with E-state index in [-0.39, 0.29) is 0 Å². The highest BCUT2D eigenvalue weighted by Gasteiger charge is 2.12. The van der Waals surface area contributed by atoms with Crippen LogP contribution in [0.5, 0.6) is 5.75 Å². The Morgan fingerprint density at radius 1 is 1.11 bits per heavy atom. The van der Waals surface area contributed by atoms with Gasteiger partial charge >= 0.3 is 0 Å². The molecular formula is C21H22N4O2. The Morgan fingerprint density at radius 2 is 2.00 bits per heavy atom. The lowest BCUT2D eigenvalue weighted by molar-refractivity contribution is 0.379. The van der Waals surface area contributed by atoms with Crippen LogP contribution in [0.1, 0.15) is 28.4 Å². The van der Waals surface area contributed by atoms with Crippen molar-refractivity contribution in [1.29, 1.82) is 0 Å². The molecule has 0 amide bonds. The van der Waals surface area contributed by atoms with E-state index in [0.29, 0.717) is 31.1 Å². The number of nitrogens with two attached hydrogens (primary N) is 1. The van der Waals surface area contributed by atoms with Gasteiger partial charge in [0, 0.05) is 29.1 Å². The molecule has 4 rings (SSSR count). The highest BCUT2D eigenvalue weighted by atomic mass is 16.5. The fourth-order valence-corrected chi connectivity index (χ4v) is 3.33. The predicted molar refractivity (Wildman–Crippen MR) is 104 cm³/mol. The van der Waals surface area contributed by atoms with Crippen LogP contribution in [0, 0.1) is 0 Å². The van der Waals surface area contributed by atoms with Crippen molar-refractivity contribution in [2.24, 2.45) is 5.73 Å². The number of nitrogens with one attached hydrogen (secondary N) is 1. The zero-order valence-electron chi connectivity index (χ0n) is 15.2. The first-order valence-electron chi connectivity index (χ1n) is 8.99. The van der Waals surface area contributed by atoms with Crippen LogP contribution in [0.25, 0.3) is 10.9 Å². The highest BCUT2D eigenvalue weighted by Crippen LogP contribution is 2.23. The summed E-state index contributed by atoms with van der Waals surface area (Å²) in [5, 5.41) is 5.32. The largest absolute Gasteiger partial charge is 0.496 e. The molecule has 0 atom stereocenters. The molecule has 3 N–H and O–H groups in total. The summed E-state index contributed by atoms with van der Waals surface area (Å²) in [5.41, 5.74) is 10.2. The molecule has 0 radical (unpaired) electrons. The monoisotopic (exact) mass is 362 g/mol. The van der Waals surface area contributed by atoms with E-state index in [0.717, 1.165) is 28.8 Å². The van der Waals surface area contributed by atoms with Crippen LogP contribution in [0.3, 0.4) is 0 Å². The van der Waals surface area contributed by atoms with Crippen LogP contribution >= 0.6 is 0 Å². The van der Waals surface area contributed by atoms with Gasteiger partial charge < -0.3 is 20.0 Å². The molecule has 0 saturated heterocycles. The van der Waals surface area contributed by atoms with Gasteiger partial charge in [0.05, 0.1) is 13.5 Å². The molecule has 0 aliphatic rings. The van der Waals surface area contributed by atoms with Crippen LogP contribution in [-0.2, 0) is 19.3 Å². The third-order valence-corrected chi connectivity index (χ3v) is 4.65. The van der Waals surface area contributed by atoms with Crippen molar-refractivity contribution >= 4 is 10.9 Å². The second-order valence-corrected chi connectivity index (χ2v) is 6.50. The molecule has 6 heteroatoms. The lowest BCUT2D eigenvalue weighted by atomic mass is 10.1. The van der Waals surface area contributed by atoms with Gasteiger partial charge in [0.15, 0.2) is 5.82 Å². The lowest BCUT2D eigenvalue weighted by Crippen LogP contribution is -2.01. The van der Waals surface area contributed by atoms with Crippen LogP contribution in [0.15, 0.2) is 53.2 Å². The maximum Gasteiger partial charge on any atom is 0.231 e. The minimum Gasteiger partial charge on any atom is -0.496 e. The zero-order chi connectivity index (χ0) is 18.6. The summed E-state index contributed by atoms with van der Waals surface area (Å²) in [6.45, 7) is 0.632. The summed E-state index contributed by atoms with van der Waals surface area (Å²) in [6, 6.07) is 14.2. The molecule has 2 aromatic carbocycles. The molecule has 0 aliphatic heterocycles. The van der Waals surface area contributed by atoms with E-state index in [2.05, 4.69) is 33.3 Å². The Labute approximate surface area is 157 Å². The fourth-order valence-electron chi connectivity index (χ4n) is 3.33. The standard InChI is InChI=1S/C21H22N4O2/c1-26-19-5-3-2-4-15(19)12-20-24-21(27-25-20)11-14-6-7-18-17(10-14)16(8-9-22)13-23-18/h2-7,10,13,23H,8-9,11-12,22H2,1H3. The summed E-state index contributed by atoms with van der Waals surface area (Å²) >= 11 is 0. The predicted octanol–water partition coefficient (Wildman–Crippen LogP) is 3.24. The van der Waals surface area contributed by atoms with Gasteiger partial charge in [-0.25, -0.2) is 0 Å². The Hall–Kier alpha value is -3.12. The molecule has 0 spiro atoms. The van der Waals surface area contributed by atoms with Gasteiger partial charge in [-0.2, -0.15) is 4.98 Å². The summed E-state index contributed by atoms with van der Waals surface area (Å²) in [7, 11) is 1.66. The molecule has 4 aromatic rings. The Kier molecular flexibility index (Phi) is 4.89. The topological polar surface area (TPSA) is 90.0 Å². The molecule has 0 fully saturated rings. The highest BCUT2D eigenvalue weighted by molar-refractivity contribution is 5.84. The smallest absolute Gasteiger partial charge is 0.231 e. The van der Waals surface area contributed by atoms with Gasteiger partial charge in [-0.3, -0.25) is 0 Å². The van der Waals surface area contributed by atoms with E-state index >= 15 is 0 Å². The van der Waals surface area contributed by atoms with Crippen LogP contribution in [0.2, 0.25) is 0 Å². The Balaban J connectivity index is 1.52. The van der Waals surface area contributed by atoms with Crippen molar-refractivity contribution in [3.05, 3.63) is 77.1 Å². The SMILES string of the molecule is COc1ccccc1Cc1noc(Cc2ccc3[nH]cc(CCN)c3c2)n1. The Morgan fingerprint density at radius 3 is 2.85 bits per heavy atom. The van der Waals surface area contributed by atoms with Crippen molar-refractivity contribution in [2.75, 3.05) is 13.7 Å². The van der Waals surface area contributed by atoms with Gasteiger partial charge in [-0.05, 0) is 42.3 Å². The quantitative estimate of drug-likeness (QED) is 0.527. The van der Waals surface area contributed by atoms with Crippen molar-refractivity contribution < 1.29 is 9.26 Å². The number of fused-ring (bicyclic) bond motifs is 1. The first-order chi connectivity index (χ1) is 13.3. The number of aromatic nitrogens is 3. The zero-order valence-corrected chi connectivity index (χ0v) is 15.2. The van der Waals surface area contributed by atoms with Crippen LogP contribution in [0.4, 0.5) is 0 Å². The van der Waals surface area contributed by atoms with E-state index < -0.39 is 0 Å². The summed E-state index contributed by atoms with van der Waals surface area (Å²) in [6.07, 6.45) is 4.06. The number of hydrogen-bond acceptors (Lipinski definition) is 5. The third kappa shape index (κ3) is 3.71. The average Bonchev–Trinajstić information content (AvgIpc) is 3.29. The normalized spacial score (nSPS) is 11.2. The van der Waals surface area contributed by atoms with Crippen LogP contribution in [-0.4, -0.2) is 28.8 Å². The van der Waals surface area contributed by atoms with Gasteiger partial charge in [0.25, 0.3) is 0 Å². The first kappa shape index (κ1) is 17.3. The molecule has 0 saturated carbocycles. The van der Waals surface area contributed by atoms with E-state index in [1.807, 2.05) is 30.5 Å². The number of aromatic amines is 1. The maximum atomic E-state index is 5.70. The molecule has 2 aromatic heterocycles. The van der Waals surface area contributed by atoms with E-state index in [1.165, 1.54) is 10.9 Å². The first-order valence-corrected chi connectivity index (χ1v) is 8.99. The van der Waals surface area contributed by atoms with Crippen molar-refractivity contribution in [3.63, 3.8) is 0 Å². The van der Waals surface area contributed by atoms with E-state index in [1.54, 1.807) is 7.11 Å². The van der Waals surface area contributed by atoms with Crippen molar-refractivity contribution in [1.82, 2.24) is 15.1 Å². The van der Waals surface area contributed by atoms with Gasteiger partial charge in [0.2, 0.25) is 5.89 Å². The fraction of sp³-hybridized carbons (Fsp3) is 0.238.